The first-order chi connectivity index (χ1) is 6.25. The van der Waals surface area contributed by atoms with Crippen LogP contribution < -0.4 is 5.73 Å². The Balaban J connectivity index is 1.97. The van der Waals surface area contributed by atoms with Crippen LogP contribution in [-0.4, -0.2) is 22.5 Å². The van der Waals surface area contributed by atoms with E-state index in [0.29, 0.717) is 11.2 Å². The zero-order valence-electron chi connectivity index (χ0n) is 7.86. The molecule has 0 amide bonds. The van der Waals surface area contributed by atoms with Crippen LogP contribution in [0.4, 0.5) is 5.13 Å². The quantitative estimate of drug-likeness (QED) is 0.784. The summed E-state index contributed by atoms with van der Waals surface area (Å²) < 4.78 is 0. The van der Waals surface area contributed by atoms with Gasteiger partial charge in [0.25, 0.3) is 0 Å². The van der Waals surface area contributed by atoms with Crippen LogP contribution in [0.2, 0.25) is 0 Å². The van der Waals surface area contributed by atoms with Crippen LogP contribution in [0.3, 0.4) is 0 Å². The molecule has 0 aromatic carbocycles. The molecule has 2 rings (SSSR count). The molecule has 1 aromatic rings. The Morgan fingerprint density at radius 3 is 3.15 bits per heavy atom. The van der Waals surface area contributed by atoms with Gasteiger partial charge in [0, 0.05) is 18.0 Å². The Kier molecular flexibility index (Phi) is 2.51. The Morgan fingerprint density at radius 2 is 2.62 bits per heavy atom. The molecule has 2 N–H and O–H groups in total. The van der Waals surface area contributed by atoms with Gasteiger partial charge in [-0.2, -0.15) is 0 Å². The largest absolute Gasteiger partial charge is 0.375 e. The molecule has 1 atom stereocenters. The van der Waals surface area contributed by atoms with Crippen molar-refractivity contribution in [2.45, 2.75) is 32.4 Å². The number of likely N-dealkylation sites (tertiary alicyclic amines) is 1. The monoisotopic (exact) mass is 197 g/mol. The summed E-state index contributed by atoms with van der Waals surface area (Å²) in [4.78, 5) is 6.73. The summed E-state index contributed by atoms with van der Waals surface area (Å²) in [6.07, 6.45) is 2.64. The number of rotatable bonds is 2. The summed E-state index contributed by atoms with van der Waals surface area (Å²) in [5, 5.41) is 2.74. The lowest BCUT2D eigenvalue weighted by Gasteiger charge is -2.19. The minimum atomic E-state index is 0.682. The van der Waals surface area contributed by atoms with E-state index in [9.17, 15) is 0 Å². The SMILES string of the molecule is CC1CCCN1Cc1csc(N)n1. The molecule has 1 aliphatic heterocycles. The molecule has 1 unspecified atom stereocenters. The van der Waals surface area contributed by atoms with Crippen molar-refractivity contribution < 1.29 is 0 Å². The van der Waals surface area contributed by atoms with Crippen molar-refractivity contribution in [1.82, 2.24) is 9.88 Å². The number of hydrogen-bond donors (Lipinski definition) is 1. The molecule has 1 saturated heterocycles. The topological polar surface area (TPSA) is 42.1 Å². The predicted octanol–water partition coefficient (Wildman–Crippen LogP) is 1.71. The van der Waals surface area contributed by atoms with Crippen molar-refractivity contribution in [3.05, 3.63) is 11.1 Å². The Bertz CT molecular complexity index is 284. The van der Waals surface area contributed by atoms with Crippen LogP contribution >= 0.6 is 11.3 Å². The highest BCUT2D eigenvalue weighted by Gasteiger charge is 2.20. The molecule has 0 bridgehead atoms. The van der Waals surface area contributed by atoms with Crippen LogP contribution in [0.5, 0.6) is 0 Å². The fourth-order valence-corrected chi connectivity index (χ4v) is 2.38. The van der Waals surface area contributed by atoms with Gasteiger partial charge in [0.05, 0.1) is 5.69 Å². The second-order valence-electron chi connectivity index (χ2n) is 3.64. The van der Waals surface area contributed by atoms with Gasteiger partial charge in [-0.1, -0.05) is 0 Å². The lowest BCUT2D eigenvalue weighted by Crippen LogP contribution is -2.26. The molecule has 2 heterocycles. The van der Waals surface area contributed by atoms with Gasteiger partial charge in [-0.3, -0.25) is 4.90 Å². The molecule has 0 spiro atoms. The van der Waals surface area contributed by atoms with E-state index in [1.54, 1.807) is 0 Å². The minimum Gasteiger partial charge on any atom is -0.375 e. The second-order valence-corrected chi connectivity index (χ2v) is 4.53. The van der Waals surface area contributed by atoms with E-state index in [2.05, 4.69) is 22.2 Å². The third-order valence-electron chi connectivity index (χ3n) is 2.63. The van der Waals surface area contributed by atoms with Crippen molar-refractivity contribution in [3.8, 4) is 0 Å². The lowest BCUT2D eigenvalue weighted by molar-refractivity contribution is 0.258. The van der Waals surface area contributed by atoms with Gasteiger partial charge in [-0.25, -0.2) is 4.98 Å². The highest BCUT2D eigenvalue weighted by molar-refractivity contribution is 7.13. The Labute approximate surface area is 82.6 Å². The van der Waals surface area contributed by atoms with E-state index < -0.39 is 0 Å². The fourth-order valence-electron chi connectivity index (χ4n) is 1.83. The van der Waals surface area contributed by atoms with E-state index in [1.807, 2.05) is 0 Å². The van der Waals surface area contributed by atoms with Gasteiger partial charge in [-0.15, -0.1) is 11.3 Å². The third-order valence-corrected chi connectivity index (χ3v) is 3.35. The van der Waals surface area contributed by atoms with Crippen molar-refractivity contribution >= 4 is 16.5 Å². The standard InChI is InChI=1S/C9H15N3S/c1-7-3-2-4-12(7)5-8-6-13-9(10)11-8/h6-7H,2-5H2,1H3,(H2,10,11). The smallest absolute Gasteiger partial charge is 0.180 e. The molecule has 4 heteroatoms. The van der Waals surface area contributed by atoms with Gasteiger partial charge in [0.2, 0.25) is 0 Å². The van der Waals surface area contributed by atoms with Crippen molar-refractivity contribution in [3.63, 3.8) is 0 Å². The van der Waals surface area contributed by atoms with E-state index in [-0.39, 0.29) is 0 Å². The molecule has 0 aliphatic carbocycles. The Morgan fingerprint density at radius 1 is 1.77 bits per heavy atom. The minimum absolute atomic E-state index is 0.682. The maximum absolute atomic E-state index is 5.58. The third kappa shape index (κ3) is 2.00. The molecule has 1 aromatic heterocycles. The first kappa shape index (κ1) is 8.97. The van der Waals surface area contributed by atoms with Crippen LogP contribution in [0.25, 0.3) is 0 Å². The molecular formula is C9H15N3S. The highest BCUT2D eigenvalue weighted by atomic mass is 32.1. The number of anilines is 1. The van der Waals surface area contributed by atoms with Gasteiger partial charge < -0.3 is 5.73 Å². The van der Waals surface area contributed by atoms with Gasteiger partial charge in [0.1, 0.15) is 0 Å². The maximum atomic E-state index is 5.58. The summed E-state index contributed by atoms with van der Waals surface area (Å²) >= 11 is 1.53. The summed E-state index contributed by atoms with van der Waals surface area (Å²) in [6, 6.07) is 0.711. The fraction of sp³-hybridized carbons (Fsp3) is 0.667. The molecule has 0 saturated carbocycles. The van der Waals surface area contributed by atoms with Crippen LogP contribution in [0.15, 0.2) is 5.38 Å². The average molecular weight is 197 g/mol. The molecule has 13 heavy (non-hydrogen) atoms. The van der Waals surface area contributed by atoms with Gasteiger partial charge in [-0.05, 0) is 26.3 Å². The molecule has 3 nitrogen and oxygen atoms in total. The summed E-state index contributed by atoms with van der Waals surface area (Å²) in [7, 11) is 0. The zero-order valence-corrected chi connectivity index (χ0v) is 8.68. The Hall–Kier alpha value is -0.610. The number of aromatic nitrogens is 1. The number of nitrogens with two attached hydrogens (primary N) is 1. The van der Waals surface area contributed by atoms with Crippen LogP contribution in [-0.2, 0) is 6.54 Å². The van der Waals surface area contributed by atoms with Crippen molar-refractivity contribution in [1.29, 1.82) is 0 Å². The number of hydrogen-bond acceptors (Lipinski definition) is 4. The first-order valence-corrected chi connectivity index (χ1v) is 5.57. The van der Waals surface area contributed by atoms with Crippen LogP contribution in [0, 0.1) is 0 Å². The maximum Gasteiger partial charge on any atom is 0.180 e. The normalized spacial score (nSPS) is 23.9. The predicted molar refractivity (Wildman–Crippen MR) is 55.6 cm³/mol. The van der Waals surface area contributed by atoms with E-state index in [4.69, 9.17) is 5.73 Å². The van der Waals surface area contributed by atoms with Crippen molar-refractivity contribution in [2.24, 2.45) is 0 Å². The summed E-state index contributed by atoms with van der Waals surface area (Å²) in [6.45, 7) is 4.45. The summed E-state index contributed by atoms with van der Waals surface area (Å²) in [5.74, 6) is 0. The van der Waals surface area contributed by atoms with Crippen molar-refractivity contribution in [2.75, 3.05) is 12.3 Å². The molecule has 1 aliphatic rings. The second kappa shape index (κ2) is 3.64. The number of nitrogen functional groups attached to an aromatic ring is 1. The number of thiazole rings is 1. The lowest BCUT2D eigenvalue weighted by atomic mass is 10.2. The molecule has 72 valence electrons. The van der Waals surface area contributed by atoms with Gasteiger partial charge in [0.15, 0.2) is 5.13 Å². The highest BCUT2D eigenvalue weighted by Crippen LogP contribution is 2.20. The molecule has 1 fully saturated rings. The zero-order chi connectivity index (χ0) is 9.26. The summed E-state index contributed by atoms with van der Waals surface area (Å²) in [5.41, 5.74) is 6.70. The number of nitrogens with zero attached hydrogens (tertiary/aromatic N) is 2. The average Bonchev–Trinajstić information content (AvgIpc) is 2.64. The van der Waals surface area contributed by atoms with E-state index in [1.165, 1.54) is 30.7 Å². The molecule has 0 radical (unpaired) electrons. The van der Waals surface area contributed by atoms with Gasteiger partial charge >= 0.3 is 0 Å². The van der Waals surface area contributed by atoms with E-state index >= 15 is 0 Å². The van der Waals surface area contributed by atoms with E-state index in [0.717, 1.165) is 12.2 Å². The van der Waals surface area contributed by atoms with Crippen LogP contribution in [0.1, 0.15) is 25.5 Å². The first-order valence-electron chi connectivity index (χ1n) is 4.69. The molecular weight excluding hydrogens is 182 g/mol.